The highest BCUT2D eigenvalue weighted by Gasteiger charge is 2.72. The number of rotatable bonds is 15. The van der Waals surface area contributed by atoms with E-state index in [4.69, 9.17) is 16.3 Å². The Bertz CT molecular complexity index is 1010. The Hall–Kier alpha value is -1.82. The highest BCUT2D eigenvalue weighted by Crippen LogP contribution is 2.67. The minimum atomic E-state index is -0.582. The van der Waals surface area contributed by atoms with Gasteiger partial charge < -0.3 is 15.4 Å². The normalized spacial score (nSPS) is 26.3. The van der Waals surface area contributed by atoms with Gasteiger partial charge in [-0.15, -0.1) is 0 Å². The fourth-order valence-electron chi connectivity index (χ4n) is 7.72. The molecular weight excluding hydrogens is 527 g/mol. The molecule has 4 saturated carbocycles. The van der Waals surface area contributed by atoms with E-state index in [9.17, 15) is 14.0 Å². The molecule has 4 fully saturated rings. The van der Waals surface area contributed by atoms with Crippen LogP contribution in [0.2, 0.25) is 5.02 Å². The molecule has 224 valence electrons. The Morgan fingerprint density at radius 1 is 1.05 bits per heavy atom. The molecule has 0 spiro atoms. The van der Waals surface area contributed by atoms with Crippen molar-refractivity contribution < 1.29 is 18.7 Å². The summed E-state index contributed by atoms with van der Waals surface area (Å²) in [4.78, 5) is 25.4. The lowest BCUT2D eigenvalue weighted by Gasteiger charge is -2.69. The first-order valence-electron chi connectivity index (χ1n) is 15.7. The van der Waals surface area contributed by atoms with Crippen LogP contribution in [0.5, 0.6) is 5.75 Å². The van der Waals surface area contributed by atoms with Crippen molar-refractivity contribution in [2.75, 3.05) is 13.2 Å². The second kappa shape index (κ2) is 13.4. The molecule has 3 atom stereocenters. The van der Waals surface area contributed by atoms with E-state index in [0.29, 0.717) is 37.0 Å². The molecule has 4 aliphatic carbocycles. The molecule has 0 aromatic heterocycles. The summed E-state index contributed by atoms with van der Waals surface area (Å²) in [6, 6.07) is 4.10. The monoisotopic (exact) mass is 576 g/mol. The number of halogens is 2. The van der Waals surface area contributed by atoms with E-state index < -0.39 is 5.82 Å². The van der Waals surface area contributed by atoms with E-state index in [1.807, 2.05) is 0 Å². The molecule has 40 heavy (non-hydrogen) atoms. The van der Waals surface area contributed by atoms with Crippen LogP contribution >= 0.6 is 11.6 Å². The zero-order chi connectivity index (χ0) is 28.9. The Morgan fingerprint density at radius 2 is 1.75 bits per heavy atom. The van der Waals surface area contributed by atoms with E-state index in [2.05, 4.69) is 38.3 Å². The number of carbonyl (C=O) groups is 2. The molecule has 3 unspecified atom stereocenters. The van der Waals surface area contributed by atoms with Gasteiger partial charge in [0.15, 0.2) is 6.61 Å². The highest BCUT2D eigenvalue weighted by molar-refractivity contribution is 6.30. The van der Waals surface area contributed by atoms with Crippen LogP contribution in [0.15, 0.2) is 18.2 Å². The number of hydrogen-bond donors (Lipinski definition) is 2. The molecule has 4 aliphatic rings. The average Bonchev–Trinajstić information content (AvgIpc) is 2.86. The summed E-state index contributed by atoms with van der Waals surface area (Å²) in [7, 11) is 0. The standard InChI is InChI=1S/C33H50ClFN2O3/c1-22(2)14-26(16-24(4)23(3)15-25-8-6-5-7-9-25)12-13-36-31(39)32-19-33(20-32,21-32)37-30(38)18-40-27-10-11-28(34)29(35)17-27/h10-11,17,22-26H,5-9,12-16,18-21H2,1-4H3,(H,36,39)(H,37,38). The summed E-state index contributed by atoms with van der Waals surface area (Å²) < 4.78 is 19.0. The van der Waals surface area contributed by atoms with Gasteiger partial charge in [-0.05, 0) is 86.7 Å². The van der Waals surface area contributed by atoms with Crippen molar-refractivity contribution in [1.82, 2.24) is 10.6 Å². The number of hydrogen-bond acceptors (Lipinski definition) is 3. The molecule has 1 aromatic carbocycles. The molecule has 0 saturated heterocycles. The smallest absolute Gasteiger partial charge is 0.258 e. The predicted octanol–water partition coefficient (Wildman–Crippen LogP) is 7.70. The summed E-state index contributed by atoms with van der Waals surface area (Å²) in [5.74, 6) is 3.25. The number of ether oxygens (including phenoxy) is 1. The second-order valence-corrected chi connectivity index (χ2v) is 14.4. The first-order valence-corrected chi connectivity index (χ1v) is 16.0. The van der Waals surface area contributed by atoms with Gasteiger partial charge in [-0.1, -0.05) is 71.4 Å². The van der Waals surface area contributed by atoms with Crippen molar-refractivity contribution in [2.45, 2.75) is 110 Å². The second-order valence-electron chi connectivity index (χ2n) is 14.0. The van der Waals surface area contributed by atoms with Crippen molar-refractivity contribution in [3.05, 3.63) is 29.0 Å². The van der Waals surface area contributed by atoms with Gasteiger partial charge in [0.1, 0.15) is 11.6 Å². The van der Waals surface area contributed by atoms with Crippen molar-refractivity contribution in [2.24, 2.45) is 35.0 Å². The van der Waals surface area contributed by atoms with E-state index in [-0.39, 0.29) is 40.1 Å². The third kappa shape index (κ3) is 7.92. The van der Waals surface area contributed by atoms with E-state index in [1.165, 1.54) is 69.6 Å². The zero-order valence-electron chi connectivity index (χ0n) is 25.0. The number of carbonyl (C=O) groups excluding carboxylic acids is 2. The van der Waals surface area contributed by atoms with Crippen LogP contribution in [0.1, 0.15) is 105 Å². The Kier molecular flexibility index (Phi) is 10.5. The highest BCUT2D eigenvalue weighted by atomic mass is 35.5. The molecule has 2 bridgehead atoms. The first kappa shape index (κ1) is 31.1. The van der Waals surface area contributed by atoms with Crippen molar-refractivity contribution in [3.8, 4) is 5.75 Å². The first-order chi connectivity index (χ1) is 19.0. The molecule has 5 nitrogen and oxygen atoms in total. The van der Waals surface area contributed by atoms with Crippen LogP contribution in [0.3, 0.4) is 0 Å². The van der Waals surface area contributed by atoms with Crippen LogP contribution in [-0.4, -0.2) is 30.5 Å². The van der Waals surface area contributed by atoms with Gasteiger partial charge in [-0.3, -0.25) is 9.59 Å². The molecule has 2 amide bonds. The summed E-state index contributed by atoms with van der Waals surface area (Å²) in [5, 5.41) is 6.28. The molecule has 1 aromatic rings. The fraction of sp³-hybridized carbons (Fsp3) is 0.758. The van der Waals surface area contributed by atoms with E-state index in [1.54, 1.807) is 0 Å². The molecule has 0 radical (unpaired) electrons. The van der Waals surface area contributed by atoms with Crippen LogP contribution in [-0.2, 0) is 9.59 Å². The zero-order valence-corrected chi connectivity index (χ0v) is 25.8. The fourth-order valence-corrected chi connectivity index (χ4v) is 7.84. The van der Waals surface area contributed by atoms with Gasteiger partial charge in [0, 0.05) is 18.2 Å². The van der Waals surface area contributed by atoms with Crippen molar-refractivity contribution >= 4 is 23.4 Å². The Balaban J connectivity index is 1.15. The minimum absolute atomic E-state index is 0.0127. The van der Waals surface area contributed by atoms with E-state index >= 15 is 0 Å². The van der Waals surface area contributed by atoms with Gasteiger partial charge in [-0.25, -0.2) is 4.39 Å². The van der Waals surface area contributed by atoms with Crippen LogP contribution in [0.4, 0.5) is 4.39 Å². The quantitative estimate of drug-likeness (QED) is 0.225. The molecule has 7 heteroatoms. The predicted molar refractivity (Wildman–Crippen MR) is 159 cm³/mol. The third-order valence-electron chi connectivity index (χ3n) is 9.93. The van der Waals surface area contributed by atoms with Crippen LogP contribution in [0.25, 0.3) is 0 Å². The topological polar surface area (TPSA) is 67.4 Å². The molecule has 2 N–H and O–H groups in total. The molecular formula is C33H50ClFN2O3. The van der Waals surface area contributed by atoms with Gasteiger partial charge in [-0.2, -0.15) is 0 Å². The van der Waals surface area contributed by atoms with Crippen LogP contribution in [0, 0.1) is 40.8 Å². The summed E-state index contributed by atoms with van der Waals surface area (Å²) in [6.07, 6.45) is 14.0. The summed E-state index contributed by atoms with van der Waals surface area (Å²) in [6.45, 7) is 10.0. The maximum absolute atomic E-state index is 13.6. The minimum Gasteiger partial charge on any atom is -0.484 e. The Morgan fingerprint density at radius 3 is 2.40 bits per heavy atom. The number of nitrogens with one attached hydrogen (secondary N) is 2. The maximum atomic E-state index is 13.6. The van der Waals surface area contributed by atoms with E-state index in [0.717, 1.165) is 24.8 Å². The molecule has 0 aliphatic heterocycles. The summed E-state index contributed by atoms with van der Waals surface area (Å²) >= 11 is 5.69. The van der Waals surface area contributed by atoms with Gasteiger partial charge >= 0.3 is 0 Å². The van der Waals surface area contributed by atoms with Crippen molar-refractivity contribution in [3.63, 3.8) is 0 Å². The largest absolute Gasteiger partial charge is 0.484 e. The molecule has 0 heterocycles. The lowest BCUT2D eigenvalue weighted by atomic mass is 9.39. The van der Waals surface area contributed by atoms with Gasteiger partial charge in [0.25, 0.3) is 5.91 Å². The average molecular weight is 577 g/mol. The molecule has 5 rings (SSSR count). The lowest BCUT2D eigenvalue weighted by Crippen LogP contribution is -2.78. The number of amides is 2. The summed E-state index contributed by atoms with van der Waals surface area (Å²) in [5.41, 5.74) is -0.629. The van der Waals surface area contributed by atoms with Gasteiger partial charge in [0.2, 0.25) is 5.91 Å². The SMILES string of the molecule is CC(C)CC(CCNC(=O)C12CC(NC(=O)COc3ccc(Cl)c(F)c3)(C1)C2)CC(C)C(C)CC1CCCCC1. The van der Waals surface area contributed by atoms with Crippen LogP contribution < -0.4 is 15.4 Å². The maximum Gasteiger partial charge on any atom is 0.258 e. The third-order valence-corrected chi connectivity index (χ3v) is 10.2. The van der Waals surface area contributed by atoms with Gasteiger partial charge in [0.05, 0.1) is 10.4 Å². The number of benzene rings is 1. The lowest BCUT2D eigenvalue weighted by molar-refractivity contribution is -0.184. The Labute approximate surface area is 245 Å². The van der Waals surface area contributed by atoms with Crippen molar-refractivity contribution in [1.29, 1.82) is 0 Å².